The molecule has 0 aromatic carbocycles. The summed E-state index contributed by atoms with van der Waals surface area (Å²) in [6.45, 7) is 7.66. The average Bonchev–Trinajstić information content (AvgIpc) is 2.71. The van der Waals surface area contributed by atoms with Crippen LogP contribution in [0.25, 0.3) is 0 Å². The molecule has 4 nitrogen and oxygen atoms in total. The fourth-order valence-corrected chi connectivity index (χ4v) is 2.43. The van der Waals surface area contributed by atoms with Crippen molar-refractivity contribution in [1.29, 1.82) is 0 Å². The minimum atomic E-state index is 0.364. The van der Waals surface area contributed by atoms with Gasteiger partial charge in [-0.05, 0) is 70.6 Å². The van der Waals surface area contributed by atoms with Crippen molar-refractivity contribution in [3.05, 3.63) is 48.4 Å². The molecule has 0 spiro atoms. The lowest BCUT2D eigenvalue weighted by Crippen LogP contribution is -2.23. The van der Waals surface area contributed by atoms with E-state index in [-0.39, 0.29) is 0 Å². The minimum absolute atomic E-state index is 0.364. The topological polar surface area (TPSA) is 64.5 Å². The molecule has 158 valence electrons. The van der Waals surface area contributed by atoms with E-state index in [2.05, 4.69) is 35.4 Å². The van der Waals surface area contributed by atoms with Crippen molar-refractivity contribution in [1.82, 2.24) is 10.6 Å². The van der Waals surface area contributed by atoms with Crippen LogP contribution in [0.2, 0.25) is 0 Å². The molecule has 0 amide bonds. The second kappa shape index (κ2) is 24.5. The third-order valence-corrected chi connectivity index (χ3v) is 4.16. The maximum atomic E-state index is 9.26. The zero-order chi connectivity index (χ0) is 20.6. The Kier molecular flexibility index (Phi) is 25.1. The highest BCUT2D eigenvalue weighted by Crippen LogP contribution is 2.09. The average molecular weight is 381 g/mol. The number of rotatable bonds is 17. The smallest absolute Gasteiger partial charge is 0.110 e. The monoisotopic (exact) mass is 380 g/mol. The maximum absolute atomic E-state index is 9.26. The molecule has 0 aromatic heterocycles. The van der Waals surface area contributed by atoms with Crippen LogP contribution in [0.15, 0.2) is 48.4 Å². The largest absolute Gasteiger partial charge is 0.508 e. The lowest BCUT2D eigenvalue weighted by molar-refractivity contribution is 0.399. The first-order chi connectivity index (χ1) is 13.2. The Hall–Kier alpha value is -1.52. The number of hydrogen-bond acceptors (Lipinski definition) is 4. The molecule has 0 aromatic rings. The van der Waals surface area contributed by atoms with Crippen molar-refractivity contribution < 1.29 is 10.2 Å². The Bertz CT molecular complexity index is 401. The van der Waals surface area contributed by atoms with Gasteiger partial charge in [0.15, 0.2) is 0 Å². The summed E-state index contributed by atoms with van der Waals surface area (Å²) in [5.74, 6) is 0.364. The van der Waals surface area contributed by atoms with Gasteiger partial charge >= 0.3 is 0 Å². The van der Waals surface area contributed by atoms with Crippen LogP contribution in [-0.2, 0) is 0 Å². The molecule has 27 heavy (non-hydrogen) atoms. The molecule has 4 N–H and O–H groups in total. The van der Waals surface area contributed by atoms with Gasteiger partial charge in [0.2, 0.25) is 0 Å². The van der Waals surface area contributed by atoms with Crippen LogP contribution >= 0.6 is 0 Å². The van der Waals surface area contributed by atoms with Gasteiger partial charge in [0.1, 0.15) is 5.76 Å². The highest BCUT2D eigenvalue weighted by molar-refractivity contribution is 5.08. The van der Waals surface area contributed by atoms with Gasteiger partial charge in [0.05, 0.1) is 0 Å². The predicted molar refractivity (Wildman–Crippen MR) is 120 cm³/mol. The van der Waals surface area contributed by atoms with Gasteiger partial charge in [-0.2, -0.15) is 0 Å². The van der Waals surface area contributed by atoms with Crippen LogP contribution in [0.1, 0.15) is 71.1 Å². The van der Waals surface area contributed by atoms with E-state index < -0.39 is 0 Å². The number of likely N-dealkylation sites (N-methyl/N-ethyl adjacent to an activating group) is 1. The van der Waals surface area contributed by atoms with Crippen LogP contribution in [0.5, 0.6) is 0 Å². The lowest BCUT2D eigenvalue weighted by atomic mass is 10.1. The van der Waals surface area contributed by atoms with Crippen LogP contribution in [-0.4, -0.2) is 37.5 Å². The number of aliphatic hydroxyl groups is 2. The van der Waals surface area contributed by atoms with Crippen molar-refractivity contribution in [3.63, 3.8) is 0 Å². The van der Waals surface area contributed by atoms with Gasteiger partial charge in [-0.3, -0.25) is 0 Å². The Labute approximate surface area is 168 Å². The van der Waals surface area contributed by atoms with Crippen molar-refractivity contribution in [3.8, 4) is 0 Å². The second-order valence-electron chi connectivity index (χ2n) is 6.46. The van der Waals surface area contributed by atoms with Crippen molar-refractivity contribution >= 4 is 0 Å². The quantitative estimate of drug-likeness (QED) is 0.118. The van der Waals surface area contributed by atoms with Gasteiger partial charge in [-0.15, -0.1) is 0 Å². The third kappa shape index (κ3) is 24.5. The highest BCUT2D eigenvalue weighted by atomic mass is 16.3. The molecular formula is C23H44N2O2. The first-order valence-corrected chi connectivity index (χ1v) is 10.4. The van der Waals surface area contributed by atoms with Crippen molar-refractivity contribution in [2.75, 3.05) is 27.2 Å². The zero-order valence-electron chi connectivity index (χ0n) is 18.0. The van der Waals surface area contributed by atoms with Crippen LogP contribution in [0.3, 0.4) is 0 Å². The van der Waals surface area contributed by atoms with E-state index in [1.54, 1.807) is 12.2 Å². The summed E-state index contributed by atoms with van der Waals surface area (Å²) in [5.41, 5.74) is 1.05. The maximum Gasteiger partial charge on any atom is 0.110 e. The molecule has 4 heteroatoms. The summed E-state index contributed by atoms with van der Waals surface area (Å²) in [5, 5.41) is 22.7. The van der Waals surface area contributed by atoms with Gasteiger partial charge in [-0.1, -0.05) is 44.1 Å². The molecule has 0 rings (SSSR count). The van der Waals surface area contributed by atoms with E-state index in [0.29, 0.717) is 5.76 Å². The third-order valence-electron chi connectivity index (χ3n) is 4.16. The second-order valence-corrected chi connectivity index (χ2v) is 6.46. The van der Waals surface area contributed by atoms with E-state index in [0.717, 1.165) is 32.3 Å². The summed E-state index contributed by atoms with van der Waals surface area (Å²) < 4.78 is 0. The molecule has 0 aliphatic carbocycles. The number of nitrogens with one attached hydrogen (secondary N) is 2. The SMILES string of the molecule is C=C(CNCCCC/C=C\CCCCCCC/C=C\C(O)=C/C)NC.CO. The predicted octanol–water partition coefficient (Wildman–Crippen LogP) is 5.39. The summed E-state index contributed by atoms with van der Waals surface area (Å²) in [7, 11) is 2.91. The standard InChI is InChI=1S/C22H40N2O.CH4O/c1-4-22(25)18-16-14-12-10-8-6-5-7-9-11-13-15-17-19-24-20-21(2)23-3;1-2/h4,9,11,16,18,23-25H,2,5-8,10,12-15,17,19-20H2,1,3H3;2H,1H3/b11-9-,18-16-,22-4+;. The molecule has 0 bridgehead atoms. The van der Waals surface area contributed by atoms with Crippen LogP contribution in [0, 0.1) is 0 Å². The van der Waals surface area contributed by atoms with Crippen molar-refractivity contribution in [2.45, 2.75) is 71.1 Å². The fourth-order valence-electron chi connectivity index (χ4n) is 2.43. The van der Waals surface area contributed by atoms with E-state index in [9.17, 15) is 5.11 Å². The van der Waals surface area contributed by atoms with E-state index in [1.165, 1.54) is 57.8 Å². The Morgan fingerprint density at radius 1 is 0.852 bits per heavy atom. The fraction of sp³-hybridized carbons (Fsp3) is 0.652. The molecule has 0 unspecified atom stereocenters. The zero-order valence-corrected chi connectivity index (χ0v) is 18.0. The van der Waals surface area contributed by atoms with Gasteiger partial charge in [-0.25, -0.2) is 0 Å². The normalized spacial score (nSPS) is 11.6. The Morgan fingerprint density at radius 2 is 1.37 bits per heavy atom. The highest BCUT2D eigenvalue weighted by Gasteiger charge is 1.91. The molecule has 0 atom stereocenters. The van der Waals surface area contributed by atoms with Crippen LogP contribution < -0.4 is 10.6 Å². The first-order valence-electron chi connectivity index (χ1n) is 10.4. The lowest BCUT2D eigenvalue weighted by Gasteiger charge is -2.06. The summed E-state index contributed by atoms with van der Waals surface area (Å²) in [6.07, 6.45) is 22.7. The first kappa shape index (κ1) is 27.7. The Morgan fingerprint density at radius 3 is 1.93 bits per heavy atom. The van der Waals surface area contributed by atoms with Crippen molar-refractivity contribution in [2.24, 2.45) is 0 Å². The van der Waals surface area contributed by atoms with E-state index >= 15 is 0 Å². The summed E-state index contributed by atoms with van der Waals surface area (Å²) >= 11 is 0. The van der Waals surface area contributed by atoms with E-state index in [1.807, 2.05) is 14.0 Å². The molecule has 0 saturated carbocycles. The number of hydrogen-bond donors (Lipinski definition) is 4. The molecule has 0 heterocycles. The van der Waals surface area contributed by atoms with Gasteiger partial charge in [0.25, 0.3) is 0 Å². The number of unbranched alkanes of at least 4 members (excludes halogenated alkanes) is 8. The number of allylic oxidation sites excluding steroid dienone is 5. The molecule has 0 fully saturated rings. The molecule has 0 saturated heterocycles. The van der Waals surface area contributed by atoms with Gasteiger partial charge in [0, 0.05) is 26.4 Å². The summed E-state index contributed by atoms with van der Waals surface area (Å²) in [4.78, 5) is 0. The van der Waals surface area contributed by atoms with Crippen LogP contribution in [0.4, 0.5) is 0 Å². The molecule has 0 radical (unpaired) electrons. The van der Waals surface area contributed by atoms with E-state index in [4.69, 9.17) is 5.11 Å². The minimum Gasteiger partial charge on any atom is -0.508 e. The Balaban J connectivity index is 0. The summed E-state index contributed by atoms with van der Waals surface area (Å²) in [6, 6.07) is 0. The van der Waals surface area contributed by atoms with Gasteiger partial charge < -0.3 is 20.8 Å². The molecule has 0 aliphatic rings. The molecule has 0 aliphatic heterocycles. The number of aliphatic hydroxyl groups excluding tert-OH is 2. The molecular weight excluding hydrogens is 336 g/mol.